The molecule has 0 radical (unpaired) electrons. The van der Waals surface area contributed by atoms with Crippen LogP contribution in [0.2, 0.25) is 0 Å². The van der Waals surface area contributed by atoms with E-state index in [9.17, 15) is 9.59 Å². The van der Waals surface area contributed by atoms with Gasteiger partial charge in [0.05, 0.1) is 0 Å². The summed E-state index contributed by atoms with van der Waals surface area (Å²) in [5.41, 5.74) is 0.698. The molecule has 2 rings (SSSR count). The molecule has 0 aliphatic carbocycles. The maximum atomic E-state index is 11.6. The molecule has 0 spiro atoms. The molecule has 5 nitrogen and oxygen atoms in total. The minimum atomic E-state index is -0.599. The quantitative estimate of drug-likeness (QED) is 0.749. The first-order chi connectivity index (χ1) is 7.25. The zero-order valence-electron chi connectivity index (χ0n) is 7.90. The molecule has 1 aromatic carbocycles. The van der Waals surface area contributed by atoms with Gasteiger partial charge in [-0.1, -0.05) is 18.2 Å². The van der Waals surface area contributed by atoms with Crippen LogP contribution in [-0.4, -0.2) is 24.6 Å². The molecule has 78 valence electrons. The first-order valence-electron chi connectivity index (χ1n) is 4.55. The third-order valence-corrected chi connectivity index (χ3v) is 2.03. The van der Waals surface area contributed by atoms with Crippen LogP contribution in [0.25, 0.3) is 0 Å². The lowest BCUT2D eigenvalue weighted by molar-refractivity contribution is -0.117. The summed E-state index contributed by atoms with van der Waals surface area (Å²) in [6.45, 7) is 0.0809. The molecule has 0 saturated carbocycles. The number of ether oxygens (including phenoxy) is 1. The maximum absolute atomic E-state index is 11.6. The van der Waals surface area contributed by atoms with Gasteiger partial charge in [-0.2, -0.15) is 0 Å². The molecule has 5 heteroatoms. The van der Waals surface area contributed by atoms with Gasteiger partial charge in [-0.25, -0.2) is 4.79 Å². The number of carbonyl (C=O) groups is 2. The van der Waals surface area contributed by atoms with Crippen LogP contribution in [0.15, 0.2) is 30.3 Å². The van der Waals surface area contributed by atoms with Gasteiger partial charge >= 0.3 is 6.09 Å². The second-order valence-electron chi connectivity index (χ2n) is 3.15. The summed E-state index contributed by atoms with van der Waals surface area (Å²) < 4.78 is 4.61. The van der Waals surface area contributed by atoms with Crippen LogP contribution < -0.4 is 10.6 Å². The second-order valence-corrected chi connectivity index (χ2v) is 3.15. The highest BCUT2D eigenvalue weighted by atomic mass is 16.6. The van der Waals surface area contributed by atoms with Crippen molar-refractivity contribution >= 4 is 17.7 Å². The number of cyclic esters (lactones) is 1. The Bertz CT molecular complexity index is 378. The Morgan fingerprint density at radius 1 is 1.40 bits per heavy atom. The molecule has 2 amide bonds. The largest absolute Gasteiger partial charge is 0.447 e. The monoisotopic (exact) mass is 206 g/mol. The topological polar surface area (TPSA) is 67.4 Å². The molecule has 1 aliphatic heterocycles. The van der Waals surface area contributed by atoms with Gasteiger partial charge in [-0.15, -0.1) is 0 Å². The maximum Gasteiger partial charge on any atom is 0.407 e. The highest BCUT2D eigenvalue weighted by Crippen LogP contribution is 2.07. The molecule has 2 N–H and O–H groups in total. The van der Waals surface area contributed by atoms with Crippen LogP contribution in [0.1, 0.15) is 0 Å². The average Bonchev–Trinajstić information content (AvgIpc) is 2.66. The number of hydrogen-bond acceptors (Lipinski definition) is 3. The van der Waals surface area contributed by atoms with Gasteiger partial charge < -0.3 is 15.4 Å². The summed E-state index contributed by atoms with van der Waals surface area (Å²) in [5.74, 6) is -0.271. The van der Waals surface area contributed by atoms with E-state index in [1.54, 1.807) is 12.1 Å². The summed E-state index contributed by atoms with van der Waals surface area (Å²) in [6.07, 6.45) is -0.553. The fourth-order valence-corrected chi connectivity index (χ4v) is 1.28. The lowest BCUT2D eigenvalue weighted by Gasteiger charge is -2.08. The number of para-hydroxylation sites is 1. The molecule has 1 heterocycles. The molecular weight excluding hydrogens is 196 g/mol. The smallest absolute Gasteiger partial charge is 0.407 e. The zero-order valence-corrected chi connectivity index (χ0v) is 7.90. The van der Waals surface area contributed by atoms with E-state index in [1.165, 1.54) is 0 Å². The molecule has 0 bridgehead atoms. The van der Waals surface area contributed by atoms with Crippen LogP contribution >= 0.6 is 0 Å². The summed E-state index contributed by atoms with van der Waals surface area (Å²) in [7, 11) is 0. The number of carbonyl (C=O) groups excluding carboxylic acids is 2. The highest BCUT2D eigenvalue weighted by molar-refractivity contribution is 5.97. The molecule has 1 fully saturated rings. The van der Waals surface area contributed by atoms with Crippen LogP contribution in [0.5, 0.6) is 0 Å². The summed E-state index contributed by atoms with van der Waals surface area (Å²) in [5, 5.41) is 5.07. The number of alkyl carbamates (subject to hydrolysis) is 1. The van der Waals surface area contributed by atoms with Crippen molar-refractivity contribution in [2.24, 2.45) is 0 Å². The van der Waals surface area contributed by atoms with E-state index in [2.05, 4.69) is 15.4 Å². The third kappa shape index (κ3) is 2.25. The number of nitrogens with one attached hydrogen (secondary N) is 2. The van der Waals surface area contributed by atoms with Crippen LogP contribution in [-0.2, 0) is 9.53 Å². The van der Waals surface area contributed by atoms with Gasteiger partial charge in [0.15, 0.2) is 0 Å². The van der Waals surface area contributed by atoms with E-state index in [1.807, 2.05) is 18.2 Å². The van der Waals surface area contributed by atoms with Gasteiger partial charge in [0.1, 0.15) is 12.6 Å². The molecule has 1 saturated heterocycles. The highest BCUT2D eigenvalue weighted by Gasteiger charge is 2.28. The van der Waals surface area contributed by atoms with E-state index in [4.69, 9.17) is 0 Å². The minimum Gasteiger partial charge on any atom is -0.447 e. The molecule has 15 heavy (non-hydrogen) atoms. The predicted octanol–water partition coefficient (Wildman–Crippen LogP) is 0.733. The molecule has 1 unspecified atom stereocenters. The van der Waals surface area contributed by atoms with Crippen LogP contribution in [0.3, 0.4) is 0 Å². The van der Waals surface area contributed by atoms with Crippen molar-refractivity contribution in [3.8, 4) is 0 Å². The third-order valence-electron chi connectivity index (χ3n) is 2.03. The number of anilines is 1. The van der Waals surface area contributed by atoms with Crippen LogP contribution in [0.4, 0.5) is 10.5 Å². The molecular formula is C10H10N2O3. The van der Waals surface area contributed by atoms with E-state index in [0.717, 1.165) is 0 Å². The van der Waals surface area contributed by atoms with Crippen molar-refractivity contribution in [2.75, 3.05) is 11.9 Å². The zero-order chi connectivity index (χ0) is 10.7. The van der Waals surface area contributed by atoms with Gasteiger partial charge in [0.2, 0.25) is 0 Å². The van der Waals surface area contributed by atoms with Gasteiger partial charge in [0, 0.05) is 5.69 Å². The normalized spacial score (nSPS) is 19.2. The minimum absolute atomic E-state index is 0.0809. The molecule has 1 aromatic rings. The fourth-order valence-electron chi connectivity index (χ4n) is 1.28. The van der Waals surface area contributed by atoms with Crippen molar-refractivity contribution < 1.29 is 14.3 Å². The van der Waals surface area contributed by atoms with Crippen molar-refractivity contribution in [3.05, 3.63) is 30.3 Å². The van der Waals surface area contributed by atoms with Crippen molar-refractivity contribution in [1.29, 1.82) is 0 Å². The summed E-state index contributed by atoms with van der Waals surface area (Å²) in [6, 6.07) is 8.44. The second kappa shape index (κ2) is 4.00. The standard InChI is InChI=1S/C10H10N2O3/c13-9(8-6-15-10(14)12-8)11-7-4-2-1-3-5-7/h1-5,8H,6H2,(H,11,13)(H,12,14). The average molecular weight is 206 g/mol. The van der Waals surface area contributed by atoms with Gasteiger partial charge in [-0.05, 0) is 12.1 Å². The first kappa shape index (κ1) is 9.51. The van der Waals surface area contributed by atoms with Crippen molar-refractivity contribution in [1.82, 2.24) is 5.32 Å². The van der Waals surface area contributed by atoms with Crippen molar-refractivity contribution in [3.63, 3.8) is 0 Å². The Morgan fingerprint density at radius 3 is 2.73 bits per heavy atom. The lowest BCUT2D eigenvalue weighted by Crippen LogP contribution is -2.38. The van der Waals surface area contributed by atoms with Gasteiger partial charge in [0.25, 0.3) is 5.91 Å². The Kier molecular flexibility index (Phi) is 2.53. The van der Waals surface area contributed by atoms with E-state index < -0.39 is 12.1 Å². The van der Waals surface area contributed by atoms with Gasteiger partial charge in [-0.3, -0.25) is 4.79 Å². The van der Waals surface area contributed by atoms with Crippen molar-refractivity contribution in [2.45, 2.75) is 6.04 Å². The number of amides is 2. The lowest BCUT2D eigenvalue weighted by atomic mass is 10.2. The van der Waals surface area contributed by atoms with Crippen LogP contribution in [0, 0.1) is 0 Å². The van der Waals surface area contributed by atoms with E-state index in [0.29, 0.717) is 5.69 Å². The number of rotatable bonds is 2. The Morgan fingerprint density at radius 2 is 2.13 bits per heavy atom. The summed E-state index contributed by atoms with van der Waals surface area (Å²) >= 11 is 0. The Balaban J connectivity index is 1.96. The first-order valence-corrected chi connectivity index (χ1v) is 4.55. The number of benzene rings is 1. The van der Waals surface area contributed by atoms with E-state index >= 15 is 0 Å². The predicted molar refractivity (Wildman–Crippen MR) is 53.3 cm³/mol. The molecule has 1 aliphatic rings. The molecule has 0 aromatic heterocycles. The SMILES string of the molecule is O=C1NC(C(=O)Nc2ccccc2)CO1. The van der Waals surface area contributed by atoms with E-state index in [-0.39, 0.29) is 12.5 Å². The summed E-state index contributed by atoms with van der Waals surface area (Å²) in [4.78, 5) is 22.3. The Labute approximate surface area is 86.4 Å². The Hall–Kier alpha value is -2.04. The fraction of sp³-hybridized carbons (Fsp3) is 0.200. The number of hydrogen-bond donors (Lipinski definition) is 2. The molecule has 1 atom stereocenters.